The zero-order chi connectivity index (χ0) is 13.2. The fraction of sp³-hybridized carbons (Fsp3) is 0.250. The van der Waals surface area contributed by atoms with Gasteiger partial charge in [-0.1, -0.05) is 35.9 Å². The molecule has 0 saturated heterocycles. The number of fused-ring (bicyclic) bond motifs is 1. The standard InChI is InChI=1S/C16H16ClNO/c1-11-8-13(17)6-7-15(11)18-16-10-19-9-12-4-2-3-5-14(12)16/h2-8,16,18H,9-10H2,1H3. The van der Waals surface area contributed by atoms with Crippen LogP contribution in [0.4, 0.5) is 5.69 Å². The van der Waals surface area contributed by atoms with E-state index in [0.29, 0.717) is 13.2 Å². The molecule has 1 N–H and O–H groups in total. The van der Waals surface area contributed by atoms with Crippen LogP contribution < -0.4 is 5.32 Å². The third-order valence-corrected chi connectivity index (χ3v) is 3.73. The van der Waals surface area contributed by atoms with Gasteiger partial charge in [0.25, 0.3) is 0 Å². The molecule has 1 heterocycles. The van der Waals surface area contributed by atoms with Crippen LogP contribution in [0, 0.1) is 6.92 Å². The van der Waals surface area contributed by atoms with Crippen molar-refractivity contribution in [3.8, 4) is 0 Å². The number of nitrogens with one attached hydrogen (secondary N) is 1. The molecule has 2 aromatic carbocycles. The summed E-state index contributed by atoms with van der Waals surface area (Å²) in [5, 5.41) is 4.32. The van der Waals surface area contributed by atoms with E-state index >= 15 is 0 Å². The smallest absolute Gasteiger partial charge is 0.0751 e. The molecule has 19 heavy (non-hydrogen) atoms. The summed E-state index contributed by atoms with van der Waals surface area (Å²) in [4.78, 5) is 0. The molecule has 0 fully saturated rings. The molecule has 2 aromatic rings. The number of hydrogen-bond donors (Lipinski definition) is 1. The molecule has 2 nitrogen and oxygen atoms in total. The Hall–Kier alpha value is -1.51. The number of rotatable bonds is 2. The lowest BCUT2D eigenvalue weighted by atomic mass is 9.98. The van der Waals surface area contributed by atoms with Crippen molar-refractivity contribution >= 4 is 17.3 Å². The van der Waals surface area contributed by atoms with Gasteiger partial charge < -0.3 is 10.1 Å². The van der Waals surface area contributed by atoms with E-state index in [2.05, 4.69) is 36.5 Å². The van der Waals surface area contributed by atoms with Gasteiger partial charge in [0.05, 0.1) is 19.3 Å². The van der Waals surface area contributed by atoms with Crippen LogP contribution in [0.25, 0.3) is 0 Å². The van der Waals surface area contributed by atoms with Crippen molar-refractivity contribution in [3.05, 3.63) is 64.2 Å². The van der Waals surface area contributed by atoms with Crippen molar-refractivity contribution in [2.75, 3.05) is 11.9 Å². The minimum atomic E-state index is 0.199. The van der Waals surface area contributed by atoms with Gasteiger partial charge in [0.2, 0.25) is 0 Å². The van der Waals surface area contributed by atoms with Gasteiger partial charge in [-0.25, -0.2) is 0 Å². The molecule has 0 aromatic heterocycles. The summed E-state index contributed by atoms with van der Waals surface area (Å²) in [7, 11) is 0. The number of benzene rings is 2. The van der Waals surface area contributed by atoms with Gasteiger partial charge in [-0.15, -0.1) is 0 Å². The Kier molecular flexibility index (Phi) is 3.45. The second kappa shape index (κ2) is 5.24. The van der Waals surface area contributed by atoms with Crippen LogP contribution in [0.3, 0.4) is 0 Å². The first-order valence-electron chi connectivity index (χ1n) is 6.42. The number of anilines is 1. The Bertz CT molecular complexity index is 597. The van der Waals surface area contributed by atoms with Gasteiger partial charge in [0.1, 0.15) is 0 Å². The molecule has 1 atom stereocenters. The summed E-state index contributed by atoms with van der Waals surface area (Å²) in [5.74, 6) is 0. The summed E-state index contributed by atoms with van der Waals surface area (Å²) < 4.78 is 5.66. The van der Waals surface area contributed by atoms with Crippen LogP contribution in [-0.4, -0.2) is 6.61 Å². The highest BCUT2D eigenvalue weighted by molar-refractivity contribution is 6.30. The highest BCUT2D eigenvalue weighted by Gasteiger charge is 2.20. The monoisotopic (exact) mass is 273 g/mol. The summed E-state index contributed by atoms with van der Waals surface area (Å²) in [6.07, 6.45) is 0. The van der Waals surface area contributed by atoms with Crippen LogP contribution in [0.1, 0.15) is 22.7 Å². The molecule has 0 aliphatic carbocycles. The molecule has 0 spiro atoms. The summed E-state index contributed by atoms with van der Waals surface area (Å²) in [6, 6.07) is 14.5. The van der Waals surface area contributed by atoms with Crippen molar-refractivity contribution in [2.24, 2.45) is 0 Å². The topological polar surface area (TPSA) is 21.3 Å². The molecule has 0 bridgehead atoms. The molecule has 0 radical (unpaired) electrons. The van der Waals surface area contributed by atoms with Crippen molar-refractivity contribution in [3.63, 3.8) is 0 Å². The van der Waals surface area contributed by atoms with Crippen LogP contribution in [0.2, 0.25) is 5.02 Å². The predicted octanol–water partition coefficient (Wildman–Crippen LogP) is 4.33. The van der Waals surface area contributed by atoms with Crippen molar-refractivity contribution in [2.45, 2.75) is 19.6 Å². The Balaban J connectivity index is 1.88. The summed E-state index contributed by atoms with van der Waals surface area (Å²) >= 11 is 5.99. The fourth-order valence-electron chi connectivity index (χ4n) is 2.48. The minimum absolute atomic E-state index is 0.199. The molecule has 0 saturated carbocycles. The van der Waals surface area contributed by atoms with E-state index in [4.69, 9.17) is 16.3 Å². The van der Waals surface area contributed by atoms with E-state index < -0.39 is 0 Å². The van der Waals surface area contributed by atoms with Crippen molar-refractivity contribution in [1.29, 1.82) is 0 Å². The van der Waals surface area contributed by atoms with E-state index in [0.717, 1.165) is 16.3 Å². The molecular weight excluding hydrogens is 258 g/mol. The lowest BCUT2D eigenvalue weighted by molar-refractivity contribution is 0.0970. The molecule has 1 unspecified atom stereocenters. The second-order valence-electron chi connectivity index (χ2n) is 4.87. The maximum atomic E-state index is 5.99. The predicted molar refractivity (Wildman–Crippen MR) is 78.7 cm³/mol. The maximum Gasteiger partial charge on any atom is 0.0751 e. The third kappa shape index (κ3) is 2.60. The van der Waals surface area contributed by atoms with E-state index in [1.807, 2.05) is 18.2 Å². The molecular formula is C16H16ClNO. The van der Waals surface area contributed by atoms with E-state index in [1.165, 1.54) is 11.1 Å². The van der Waals surface area contributed by atoms with E-state index in [1.54, 1.807) is 0 Å². The van der Waals surface area contributed by atoms with Crippen LogP contribution in [0.5, 0.6) is 0 Å². The Morgan fingerprint density at radius 3 is 2.89 bits per heavy atom. The Morgan fingerprint density at radius 2 is 2.05 bits per heavy atom. The average molecular weight is 274 g/mol. The third-order valence-electron chi connectivity index (χ3n) is 3.49. The lowest BCUT2D eigenvalue weighted by Crippen LogP contribution is -2.23. The number of aryl methyl sites for hydroxylation is 1. The minimum Gasteiger partial charge on any atom is -0.376 e. The van der Waals surface area contributed by atoms with Crippen LogP contribution in [0.15, 0.2) is 42.5 Å². The fourth-order valence-corrected chi connectivity index (χ4v) is 2.70. The summed E-state index contributed by atoms with van der Waals surface area (Å²) in [5.41, 5.74) is 4.84. The highest BCUT2D eigenvalue weighted by atomic mass is 35.5. The second-order valence-corrected chi connectivity index (χ2v) is 5.31. The van der Waals surface area contributed by atoms with E-state index in [9.17, 15) is 0 Å². The summed E-state index contributed by atoms with van der Waals surface area (Å²) in [6.45, 7) is 3.46. The molecule has 3 rings (SSSR count). The van der Waals surface area contributed by atoms with Gasteiger partial charge in [0, 0.05) is 10.7 Å². The van der Waals surface area contributed by atoms with Crippen LogP contribution in [-0.2, 0) is 11.3 Å². The van der Waals surface area contributed by atoms with E-state index in [-0.39, 0.29) is 6.04 Å². The molecule has 98 valence electrons. The number of ether oxygens (including phenoxy) is 1. The van der Waals surface area contributed by atoms with Gasteiger partial charge in [-0.3, -0.25) is 0 Å². The molecule has 1 aliphatic heterocycles. The normalized spacial score (nSPS) is 17.9. The zero-order valence-electron chi connectivity index (χ0n) is 10.8. The first kappa shape index (κ1) is 12.5. The van der Waals surface area contributed by atoms with Crippen molar-refractivity contribution in [1.82, 2.24) is 0 Å². The Labute approximate surface area is 118 Å². The quantitative estimate of drug-likeness (QED) is 0.879. The largest absolute Gasteiger partial charge is 0.376 e. The zero-order valence-corrected chi connectivity index (χ0v) is 11.6. The molecule has 0 amide bonds. The van der Waals surface area contributed by atoms with Gasteiger partial charge in [-0.05, 0) is 41.8 Å². The SMILES string of the molecule is Cc1cc(Cl)ccc1NC1COCc2ccccc21. The van der Waals surface area contributed by atoms with Crippen molar-refractivity contribution < 1.29 is 4.74 Å². The van der Waals surface area contributed by atoms with Gasteiger partial charge in [0.15, 0.2) is 0 Å². The highest BCUT2D eigenvalue weighted by Crippen LogP contribution is 2.29. The molecule has 1 aliphatic rings. The van der Waals surface area contributed by atoms with Gasteiger partial charge >= 0.3 is 0 Å². The number of hydrogen-bond acceptors (Lipinski definition) is 2. The van der Waals surface area contributed by atoms with Crippen LogP contribution >= 0.6 is 11.6 Å². The number of halogens is 1. The maximum absolute atomic E-state index is 5.99. The lowest BCUT2D eigenvalue weighted by Gasteiger charge is -2.28. The Morgan fingerprint density at radius 1 is 1.21 bits per heavy atom. The average Bonchev–Trinajstić information content (AvgIpc) is 2.42. The first-order valence-corrected chi connectivity index (χ1v) is 6.80. The van der Waals surface area contributed by atoms with Gasteiger partial charge in [-0.2, -0.15) is 0 Å². The first-order chi connectivity index (χ1) is 9.24. The molecule has 3 heteroatoms.